The molecule has 0 saturated carbocycles. The van der Waals surface area contributed by atoms with Crippen molar-refractivity contribution in [1.29, 1.82) is 0 Å². The molecule has 1 atom stereocenters. The molecule has 1 aromatic heterocycles. The molecular weight excluding hydrogens is 400 g/mol. The number of morpholine rings is 1. The Morgan fingerprint density at radius 2 is 1.84 bits per heavy atom. The average Bonchev–Trinajstić information content (AvgIpc) is 2.78. The van der Waals surface area contributed by atoms with E-state index in [-0.39, 0.29) is 30.1 Å². The monoisotopic (exact) mass is 423 g/mol. The van der Waals surface area contributed by atoms with Crippen molar-refractivity contribution in [3.8, 4) is 0 Å². The molecule has 2 aromatic carbocycles. The predicted octanol–water partition coefficient (Wildman–Crippen LogP) is 3.96. The van der Waals surface area contributed by atoms with Gasteiger partial charge < -0.3 is 10.1 Å². The second-order valence-corrected chi connectivity index (χ2v) is 7.48. The van der Waals surface area contributed by atoms with Gasteiger partial charge in [0.15, 0.2) is 0 Å². The maximum absolute atomic E-state index is 13.9. The van der Waals surface area contributed by atoms with Crippen LogP contribution in [0.4, 0.5) is 14.5 Å². The van der Waals surface area contributed by atoms with Crippen LogP contribution in [0.2, 0.25) is 0 Å². The molecule has 1 aliphatic rings. The van der Waals surface area contributed by atoms with Crippen LogP contribution in [0.25, 0.3) is 0 Å². The Balaban J connectivity index is 1.34. The van der Waals surface area contributed by atoms with E-state index in [0.717, 1.165) is 11.3 Å². The van der Waals surface area contributed by atoms with Gasteiger partial charge >= 0.3 is 0 Å². The van der Waals surface area contributed by atoms with Gasteiger partial charge in [-0.3, -0.25) is 14.7 Å². The summed E-state index contributed by atoms with van der Waals surface area (Å²) >= 11 is 0. The van der Waals surface area contributed by atoms with Crippen LogP contribution in [-0.2, 0) is 16.0 Å². The van der Waals surface area contributed by atoms with Gasteiger partial charge in [-0.1, -0.05) is 36.4 Å². The van der Waals surface area contributed by atoms with Crippen LogP contribution in [-0.4, -0.2) is 42.0 Å². The Kier molecular flexibility index (Phi) is 6.64. The molecule has 5 nitrogen and oxygen atoms in total. The molecule has 1 aliphatic heterocycles. The summed E-state index contributed by atoms with van der Waals surface area (Å²) < 4.78 is 33.4. The largest absolute Gasteiger partial charge is 0.369 e. The fourth-order valence-corrected chi connectivity index (χ4v) is 3.57. The number of para-hydroxylation sites is 1. The van der Waals surface area contributed by atoms with Crippen LogP contribution < -0.4 is 5.32 Å². The van der Waals surface area contributed by atoms with E-state index in [2.05, 4.69) is 10.3 Å². The van der Waals surface area contributed by atoms with Crippen molar-refractivity contribution < 1.29 is 18.3 Å². The third-order valence-corrected chi connectivity index (χ3v) is 5.20. The minimum absolute atomic E-state index is 0.138. The molecule has 0 aliphatic carbocycles. The van der Waals surface area contributed by atoms with Gasteiger partial charge in [0.25, 0.3) is 0 Å². The molecule has 3 aromatic rings. The van der Waals surface area contributed by atoms with E-state index < -0.39 is 5.82 Å². The van der Waals surface area contributed by atoms with E-state index in [1.54, 1.807) is 30.5 Å². The van der Waals surface area contributed by atoms with Crippen LogP contribution in [0.15, 0.2) is 66.9 Å². The van der Waals surface area contributed by atoms with Gasteiger partial charge in [-0.05, 0) is 35.4 Å². The number of benzene rings is 2. The number of rotatable bonds is 6. The van der Waals surface area contributed by atoms with E-state index in [9.17, 15) is 13.6 Å². The number of hydrogen-bond acceptors (Lipinski definition) is 4. The number of halogens is 2. The van der Waals surface area contributed by atoms with E-state index >= 15 is 0 Å². The van der Waals surface area contributed by atoms with Crippen LogP contribution in [0.3, 0.4) is 0 Å². The lowest BCUT2D eigenvalue weighted by atomic mass is 10.1. The highest BCUT2D eigenvalue weighted by atomic mass is 19.1. The molecule has 0 radical (unpaired) electrons. The SMILES string of the molecule is O=C(CN1CCO[C@@H](c2ccc(Cc3ccccc3F)cn2)C1)Nc1ccccc1F. The van der Waals surface area contributed by atoms with Crippen LogP contribution in [0.5, 0.6) is 0 Å². The third kappa shape index (κ3) is 5.51. The summed E-state index contributed by atoms with van der Waals surface area (Å²) in [7, 11) is 0. The summed E-state index contributed by atoms with van der Waals surface area (Å²) in [6.45, 7) is 1.72. The number of nitrogens with one attached hydrogen (secondary N) is 1. The number of nitrogens with zero attached hydrogens (tertiary/aromatic N) is 2. The van der Waals surface area contributed by atoms with Gasteiger partial charge in [0.1, 0.15) is 17.7 Å². The van der Waals surface area contributed by atoms with Crippen LogP contribution in [0.1, 0.15) is 22.9 Å². The van der Waals surface area contributed by atoms with Gasteiger partial charge in [-0.2, -0.15) is 0 Å². The second-order valence-electron chi connectivity index (χ2n) is 7.48. The molecule has 1 N–H and O–H groups in total. The molecule has 1 saturated heterocycles. The number of pyridine rings is 1. The minimum atomic E-state index is -0.463. The van der Waals surface area contributed by atoms with Crippen molar-refractivity contribution in [2.45, 2.75) is 12.5 Å². The molecule has 1 fully saturated rings. The van der Waals surface area contributed by atoms with E-state index in [4.69, 9.17) is 4.74 Å². The van der Waals surface area contributed by atoms with Crippen LogP contribution >= 0.6 is 0 Å². The molecule has 0 unspecified atom stereocenters. The zero-order chi connectivity index (χ0) is 21.6. The van der Waals surface area contributed by atoms with Gasteiger partial charge in [-0.15, -0.1) is 0 Å². The molecular formula is C24H23F2N3O2. The number of amides is 1. The predicted molar refractivity (Wildman–Crippen MR) is 114 cm³/mol. The molecule has 2 heterocycles. The van der Waals surface area contributed by atoms with Gasteiger partial charge in [0.2, 0.25) is 5.91 Å². The smallest absolute Gasteiger partial charge is 0.238 e. The van der Waals surface area contributed by atoms with Crippen molar-refractivity contribution in [2.24, 2.45) is 0 Å². The number of aromatic nitrogens is 1. The lowest BCUT2D eigenvalue weighted by Gasteiger charge is -2.32. The highest BCUT2D eigenvalue weighted by Gasteiger charge is 2.24. The summed E-state index contributed by atoms with van der Waals surface area (Å²) in [4.78, 5) is 18.8. The topological polar surface area (TPSA) is 54.5 Å². The molecule has 4 rings (SSSR count). The van der Waals surface area contributed by atoms with Gasteiger partial charge in [0.05, 0.1) is 24.5 Å². The third-order valence-electron chi connectivity index (χ3n) is 5.20. The lowest BCUT2D eigenvalue weighted by Crippen LogP contribution is -2.42. The molecule has 160 valence electrons. The van der Waals surface area contributed by atoms with Crippen molar-refractivity contribution in [3.63, 3.8) is 0 Å². The fraction of sp³-hybridized carbons (Fsp3) is 0.250. The van der Waals surface area contributed by atoms with Gasteiger partial charge in [-0.25, -0.2) is 8.78 Å². The molecule has 0 spiro atoms. The summed E-state index contributed by atoms with van der Waals surface area (Å²) in [5, 5.41) is 2.60. The number of carbonyl (C=O) groups is 1. The first kappa shape index (κ1) is 21.1. The Morgan fingerprint density at radius 1 is 1.06 bits per heavy atom. The number of hydrogen-bond donors (Lipinski definition) is 1. The average molecular weight is 423 g/mol. The van der Waals surface area contributed by atoms with Crippen LogP contribution in [0, 0.1) is 11.6 Å². The van der Waals surface area contributed by atoms with Crippen molar-refractivity contribution in [2.75, 3.05) is 31.6 Å². The normalized spacial score (nSPS) is 16.8. The highest BCUT2D eigenvalue weighted by Crippen LogP contribution is 2.22. The summed E-state index contributed by atoms with van der Waals surface area (Å²) in [6.07, 6.45) is 1.93. The Morgan fingerprint density at radius 3 is 2.58 bits per heavy atom. The summed E-state index contributed by atoms with van der Waals surface area (Å²) in [6, 6.07) is 16.6. The van der Waals surface area contributed by atoms with Gasteiger partial charge in [0, 0.05) is 25.7 Å². The number of anilines is 1. The fourth-order valence-electron chi connectivity index (χ4n) is 3.57. The van der Waals surface area contributed by atoms with Crippen molar-refractivity contribution in [1.82, 2.24) is 9.88 Å². The first-order chi connectivity index (χ1) is 15.1. The zero-order valence-corrected chi connectivity index (χ0v) is 16.9. The maximum Gasteiger partial charge on any atom is 0.238 e. The first-order valence-corrected chi connectivity index (χ1v) is 10.1. The highest BCUT2D eigenvalue weighted by molar-refractivity contribution is 5.92. The Bertz CT molecular complexity index is 1040. The Hall–Kier alpha value is -3.16. The first-order valence-electron chi connectivity index (χ1n) is 10.1. The van der Waals surface area contributed by atoms with E-state index in [1.165, 1.54) is 18.2 Å². The maximum atomic E-state index is 13.9. The van der Waals surface area contributed by atoms with E-state index in [0.29, 0.717) is 31.7 Å². The molecule has 0 bridgehead atoms. The molecule has 31 heavy (non-hydrogen) atoms. The zero-order valence-electron chi connectivity index (χ0n) is 16.9. The summed E-state index contributed by atoms with van der Waals surface area (Å²) in [5.41, 5.74) is 2.46. The van der Waals surface area contributed by atoms with Crippen molar-refractivity contribution >= 4 is 11.6 Å². The number of ether oxygens (including phenoxy) is 1. The summed E-state index contributed by atoms with van der Waals surface area (Å²) in [5.74, 6) is -0.971. The number of carbonyl (C=O) groups excluding carboxylic acids is 1. The lowest BCUT2D eigenvalue weighted by molar-refractivity contribution is -0.119. The molecule has 7 heteroatoms. The molecule has 1 amide bonds. The quantitative estimate of drug-likeness (QED) is 0.652. The Labute approximate surface area is 179 Å². The van der Waals surface area contributed by atoms with Crippen molar-refractivity contribution in [3.05, 3.63) is 95.3 Å². The standard InChI is InChI=1S/C24H23F2N3O2/c25-19-6-2-1-5-18(19)13-17-9-10-22(27-14-17)23-15-29(11-12-31-23)16-24(30)28-21-8-4-3-7-20(21)26/h1-10,14,23H,11-13,15-16H2,(H,28,30)/t23-/m1/s1. The van der Waals surface area contributed by atoms with E-state index in [1.807, 2.05) is 23.1 Å². The second kappa shape index (κ2) is 9.76. The minimum Gasteiger partial charge on any atom is -0.369 e.